The lowest BCUT2D eigenvalue weighted by atomic mass is 10.0. The Morgan fingerprint density at radius 3 is 2.17 bits per heavy atom. The fraction of sp³-hybridized carbons (Fsp3) is 0.185. The number of carbonyl (C=O) groups is 1. The van der Waals surface area contributed by atoms with Crippen LogP contribution >= 0.6 is 0 Å². The molecule has 0 aliphatic carbocycles. The maximum atomic E-state index is 13.5. The molecule has 0 unspecified atom stereocenters. The number of pyridine rings is 1. The molecule has 30 heavy (non-hydrogen) atoms. The van der Waals surface area contributed by atoms with E-state index in [1.165, 1.54) is 5.56 Å². The number of aryl methyl sites for hydroxylation is 1. The van der Waals surface area contributed by atoms with Crippen molar-refractivity contribution < 1.29 is 4.79 Å². The summed E-state index contributed by atoms with van der Waals surface area (Å²) < 4.78 is 0. The molecule has 3 nitrogen and oxygen atoms in total. The third-order valence-corrected chi connectivity index (χ3v) is 5.50. The van der Waals surface area contributed by atoms with Gasteiger partial charge in [0, 0.05) is 18.0 Å². The van der Waals surface area contributed by atoms with E-state index in [1.807, 2.05) is 65.6 Å². The lowest BCUT2D eigenvalue weighted by Gasteiger charge is -2.29. The Hall–Kier alpha value is -3.46. The zero-order valence-corrected chi connectivity index (χ0v) is 17.2. The number of fused-ring (bicyclic) bond motifs is 1. The van der Waals surface area contributed by atoms with Crippen molar-refractivity contribution >= 4 is 16.8 Å². The number of aromatic nitrogens is 1. The normalized spacial score (nSPS) is 11.9. The summed E-state index contributed by atoms with van der Waals surface area (Å²) in [7, 11) is 0. The second-order valence-corrected chi connectivity index (χ2v) is 7.68. The van der Waals surface area contributed by atoms with Gasteiger partial charge in [-0.15, -0.1) is 0 Å². The van der Waals surface area contributed by atoms with E-state index in [0.29, 0.717) is 12.2 Å². The number of carbonyl (C=O) groups excluding carboxylic acids is 1. The van der Waals surface area contributed by atoms with E-state index in [2.05, 4.69) is 48.3 Å². The zero-order valence-electron chi connectivity index (χ0n) is 17.2. The van der Waals surface area contributed by atoms with Crippen LogP contribution in [0.2, 0.25) is 0 Å². The van der Waals surface area contributed by atoms with E-state index in [-0.39, 0.29) is 11.9 Å². The van der Waals surface area contributed by atoms with Crippen LogP contribution in [0.3, 0.4) is 0 Å². The molecule has 0 aliphatic heterocycles. The molecule has 150 valence electrons. The molecule has 0 fully saturated rings. The van der Waals surface area contributed by atoms with Crippen molar-refractivity contribution in [3.05, 3.63) is 114 Å². The zero-order chi connectivity index (χ0) is 20.8. The number of hydrogen-bond donors (Lipinski definition) is 0. The molecule has 4 rings (SSSR count). The predicted octanol–water partition coefficient (Wildman–Crippen LogP) is 5.90. The summed E-state index contributed by atoms with van der Waals surface area (Å²) in [6.45, 7) is 2.70. The lowest BCUT2D eigenvalue weighted by molar-refractivity contribution is 0.0662. The molecule has 1 heterocycles. The Labute approximate surface area is 178 Å². The number of para-hydroxylation sites is 1. The Kier molecular flexibility index (Phi) is 6.19. The van der Waals surface area contributed by atoms with Crippen molar-refractivity contribution in [2.45, 2.75) is 32.4 Å². The Morgan fingerprint density at radius 2 is 1.43 bits per heavy atom. The van der Waals surface area contributed by atoms with Gasteiger partial charge in [-0.3, -0.25) is 4.79 Å². The van der Waals surface area contributed by atoms with Crippen molar-refractivity contribution in [1.82, 2.24) is 9.88 Å². The summed E-state index contributed by atoms with van der Waals surface area (Å²) in [5.74, 6) is -0.0230. The van der Waals surface area contributed by atoms with E-state index in [0.717, 1.165) is 29.3 Å². The van der Waals surface area contributed by atoms with E-state index >= 15 is 0 Å². The molecule has 0 radical (unpaired) electrons. The number of rotatable bonds is 7. The second kappa shape index (κ2) is 9.36. The van der Waals surface area contributed by atoms with Crippen LogP contribution in [0.25, 0.3) is 10.9 Å². The summed E-state index contributed by atoms with van der Waals surface area (Å²) >= 11 is 0. The van der Waals surface area contributed by atoms with Crippen LogP contribution in [0.1, 0.15) is 35.0 Å². The van der Waals surface area contributed by atoms with Crippen molar-refractivity contribution in [1.29, 1.82) is 0 Å². The first-order chi connectivity index (χ1) is 14.7. The van der Waals surface area contributed by atoms with Gasteiger partial charge in [0.2, 0.25) is 0 Å². The Morgan fingerprint density at radius 1 is 0.800 bits per heavy atom. The van der Waals surface area contributed by atoms with Crippen LogP contribution in [0.5, 0.6) is 0 Å². The molecule has 4 aromatic rings. The minimum Gasteiger partial charge on any atom is -0.330 e. The van der Waals surface area contributed by atoms with Crippen molar-refractivity contribution in [2.75, 3.05) is 0 Å². The molecule has 3 aromatic carbocycles. The SMILES string of the molecule is C[C@H](CCc1ccccc1)N(Cc1ccccc1)C(=O)c1ccc2ccccc2n1. The second-order valence-electron chi connectivity index (χ2n) is 7.68. The average Bonchev–Trinajstić information content (AvgIpc) is 2.81. The van der Waals surface area contributed by atoms with Crippen LogP contribution in [0.4, 0.5) is 0 Å². The first-order valence-corrected chi connectivity index (χ1v) is 10.5. The largest absolute Gasteiger partial charge is 0.330 e. The van der Waals surface area contributed by atoms with Gasteiger partial charge < -0.3 is 4.90 Å². The highest BCUT2D eigenvalue weighted by Gasteiger charge is 2.23. The quantitative estimate of drug-likeness (QED) is 0.391. The predicted molar refractivity (Wildman–Crippen MR) is 122 cm³/mol. The van der Waals surface area contributed by atoms with Crippen LogP contribution in [0, 0.1) is 0 Å². The molecular formula is C27H26N2O. The molecule has 0 saturated heterocycles. The summed E-state index contributed by atoms with van der Waals surface area (Å²) in [6, 6.07) is 32.4. The monoisotopic (exact) mass is 394 g/mol. The minimum absolute atomic E-state index is 0.0230. The molecule has 1 amide bonds. The van der Waals surface area contributed by atoms with E-state index in [1.54, 1.807) is 0 Å². The summed E-state index contributed by atoms with van der Waals surface area (Å²) in [4.78, 5) is 20.1. The molecule has 1 aromatic heterocycles. The fourth-order valence-electron chi connectivity index (χ4n) is 3.72. The Balaban J connectivity index is 1.58. The first kappa shape index (κ1) is 19.8. The number of hydrogen-bond acceptors (Lipinski definition) is 2. The van der Waals surface area contributed by atoms with Crippen molar-refractivity contribution in [3.63, 3.8) is 0 Å². The van der Waals surface area contributed by atoms with Gasteiger partial charge in [-0.2, -0.15) is 0 Å². The smallest absolute Gasteiger partial charge is 0.273 e. The molecule has 0 aliphatic rings. The summed E-state index contributed by atoms with van der Waals surface area (Å²) in [5, 5.41) is 1.04. The van der Waals surface area contributed by atoms with Gasteiger partial charge in [0.1, 0.15) is 5.69 Å². The maximum absolute atomic E-state index is 13.5. The third kappa shape index (κ3) is 4.74. The highest BCUT2D eigenvalue weighted by Crippen LogP contribution is 2.19. The number of nitrogens with zero attached hydrogens (tertiary/aromatic N) is 2. The number of benzene rings is 3. The molecule has 0 N–H and O–H groups in total. The van der Waals surface area contributed by atoms with Gasteiger partial charge in [0.15, 0.2) is 0 Å². The van der Waals surface area contributed by atoms with Crippen molar-refractivity contribution in [3.8, 4) is 0 Å². The van der Waals surface area contributed by atoms with E-state index < -0.39 is 0 Å². The standard InChI is InChI=1S/C27H26N2O/c1-21(16-17-22-10-4-2-5-11-22)29(20-23-12-6-3-7-13-23)27(30)26-19-18-24-14-8-9-15-25(24)28-26/h2-15,18-19,21H,16-17,20H2,1H3/t21-/m1/s1. The van der Waals surface area contributed by atoms with Crippen LogP contribution < -0.4 is 0 Å². The molecule has 0 saturated carbocycles. The highest BCUT2D eigenvalue weighted by atomic mass is 16.2. The fourth-order valence-corrected chi connectivity index (χ4v) is 3.72. The minimum atomic E-state index is -0.0230. The molecule has 0 bridgehead atoms. The average molecular weight is 395 g/mol. The van der Waals surface area contributed by atoms with Gasteiger partial charge in [-0.1, -0.05) is 84.9 Å². The van der Waals surface area contributed by atoms with Crippen LogP contribution in [0.15, 0.2) is 97.1 Å². The molecule has 3 heteroatoms. The highest BCUT2D eigenvalue weighted by molar-refractivity contribution is 5.95. The van der Waals surface area contributed by atoms with Crippen LogP contribution in [-0.4, -0.2) is 21.8 Å². The van der Waals surface area contributed by atoms with Crippen molar-refractivity contribution in [2.24, 2.45) is 0 Å². The van der Waals surface area contributed by atoms with Gasteiger partial charge >= 0.3 is 0 Å². The maximum Gasteiger partial charge on any atom is 0.273 e. The first-order valence-electron chi connectivity index (χ1n) is 10.5. The Bertz CT molecular complexity index is 1110. The van der Waals surface area contributed by atoms with E-state index in [9.17, 15) is 4.79 Å². The molecule has 1 atom stereocenters. The summed E-state index contributed by atoms with van der Waals surface area (Å²) in [5.41, 5.74) is 3.76. The van der Waals surface area contributed by atoms with Gasteiger partial charge in [0.05, 0.1) is 5.52 Å². The lowest BCUT2D eigenvalue weighted by Crippen LogP contribution is -2.38. The number of amides is 1. The van der Waals surface area contributed by atoms with Gasteiger partial charge in [-0.25, -0.2) is 4.98 Å². The molecular weight excluding hydrogens is 368 g/mol. The van der Waals surface area contributed by atoms with Crippen LogP contribution in [-0.2, 0) is 13.0 Å². The molecule has 0 spiro atoms. The van der Waals surface area contributed by atoms with Gasteiger partial charge in [-0.05, 0) is 43.0 Å². The van der Waals surface area contributed by atoms with Gasteiger partial charge in [0.25, 0.3) is 5.91 Å². The third-order valence-electron chi connectivity index (χ3n) is 5.50. The topological polar surface area (TPSA) is 33.2 Å². The van der Waals surface area contributed by atoms with E-state index in [4.69, 9.17) is 0 Å². The summed E-state index contributed by atoms with van der Waals surface area (Å²) in [6.07, 6.45) is 1.84.